The first-order chi connectivity index (χ1) is 13.2. The summed E-state index contributed by atoms with van der Waals surface area (Å²) in [5.74, 6) is -3.77. The highest BCUT2D eigenvalue weighted by Crippen LogP contribution is 2.31. The molecule has 0 amide bonds. The summed E-state index contributed by atoms with van der Waals surface area (Å²) < 4.78 is -0.554. The zero-order valence-electron chi connectivity index (χ0n) is 17.7. The van der Waals surface area contributed by atoms with Crippen LogP contribution in [0.3, 0.4) is 0 Å². The molecule has 0 saturated heterocycles. The van der Waals surface area contributed by atoms with Crippen LogP contribution in [0.25, 0.3) is 0 Å². The molecule has 0 aliphatic heterocycles. The van der Waals surface area contributed by atoms with Crippen LogP contribution < -0.4 is 5.11 Å². The summed E-state index contributed by atoms with van der Waals surface area (Å²) in [6, 6.07) is -3.51. The monoisotopic (exact) mass is 399 g/mol. The van der Waals surface area contributed by atoms with E-state index in [0.717, 1.165) is 32.1 Å². The Bertz CT molecular complexity index is 476. The Morgan fingerprint density at radius 2 is 1.32 bits per heavy atom. The molecule has 0 aliphatic carbocycles. The molecule has 28 heavy (non-hydrogen) atoms. The van der Waals surface area contributed by atoms with Gasteiger partial charge < -0.3 is 20.1 Å². The first-order valence-electron chi connectivity index (χ1n) is 10.4. The van der Waals surface area contributed by atoms with Gasteiger partial charge in [-0.05, 0) is 18.9 Å². The second-order valence-electron chi connectivity index (χ2n) is 7.27. The number of carboxylic acid groups (broad SMARTS) is 3. The summed E-state index contributed by atoms with van der Waals surface area (Å²) in [5, 5.41) is 31.6. The Morgan fingerprint density at radius 1 is 0.821 bits per heavy atom. The maximum Gasteiger partial charge on any atom is 0.362 e. The van der Waals surface area contributed by atoms with Crippen molar-refractivity contribution in [1.29, 1.82) is 0 Å². The molecule has 162 valence electrons. The van der Waals surface area contributed by atoms with Gasteiger partial charge in [-0.1, -0.05) is 53.0 Å². The SMILES string of the molecule is CCCCCC/C=C/C[N+](C(CC)C(=O)[O-])(C(CC)C(=O)O)C(CC)C(=O)O. The van der Waals surface area contributed by atoms with Crippen LogP contribution in [0.15, 0.2) is 12.2 Å². The number of rotatable bonds is 16. The third-order valence-corrected chi connectivity index (χ3v) is 5.56. The lowest BCUT2D eigenvalue weighted by atomic mass is 9.95. The van der Waals surface area contributed by atoms with Gasteiger partial charge in [0.05, 0.1) is 12.5 Å². The molecule has 0 aromatic carbocycles. The molecule has 3 unspecified atom stereocenters. The van der Waals surface area contributed by atoms with E-state index >= 15 is 0 Å². The molecule has 0 rings (SSSR count). The van der Waals surface area contributed by atoms with Crippen LogP contribution >= 0.6 is 0 Å². The molecule has 7 heteroatoms. The number of carbonyl (C=O) groups is 3. The summed E-state index contributed by atoms with van der Waals surface area (Å²) in [5.41, 5.74) is 0. The number of hydrogen-bond acceptors (Lipinski definition) is 4. The standard InChI is InChI=1S/C21H37NO6/c1-5-9-10-11-12-13-14-15-22(16(6-2)19(23)24,17(7-3)20(25)26)18(8-4)21(27)28/h13-14,16-18H,5-12,15H2,1-4H3,(H2-,23,24,25,26,27,28)/b14-13+. The summed E-state index contributed by atoms with van der Waals surface area (Å²) >= 11 is 0. The Labute approximate surface area is 168 Å². The highest BCUT2D eigenvalue weighted by Gasteiger charge is 2.53. The fourth-order valence-corrected chi connectivity index (χ4v) is 4.24. The predicted molar refractivity (Wildman–Crippen MR) is 106 cm³/mol. The van der Waals surface area contributed by atoms with Crippen LogP contribution in [0.2, 0.25) is 0 Å². The number of unbranched alkanes of at least 4 members (excludes halogenated alkanes) is 4. The van der Waals surface area contributed by atoms with E-state index in [1.165, 1.54) is 0 Å². The summed E-state index contributed by atoms with van der Waals surface area (Å²) in [4.78, 5) is 36.0. The van der Waals surface area contributed by atoms with Gasteiger partial charge in [-0.25, -0.2) is 9.59 Å². The van der Waals surface area contributed by atoms with Crippen LogP contribution in [0, 0.1) is 0 Å². The van der Waals surface area contributed by atoms with Gasteiger partial charge in [0, 0.05) is 19.3 Å². The van der Waals surface area contributed by atoms with Crippen molar-refractivity contribution in [1.82, 2.24) is 0 Å². The number of hydrogen-bond donors (Lipinski definition) is 2. The second kappa shape index (κ2) is 13.3. The molecule has 3 atom stereocenters. The Hall–Kier alpha value is -1.89. The fraction of sp³-hybridized carbons (Fsp3) is 0.762. The lowest BCUT2D eigenvalue weighted by Crippen LogP contribution is -2.73. The van der Waals surface area contributed by atoms with Crippen LogP contribution in [-0.2, 0) is 14.4 Å². The van der Waals surface area contributed by atoms with Crippen LogP contribution in [0.5, 0.6) is 0 Å². The molecule has 2 N–H and O–H groups in total. The molecule has 0 saturated carbocycles. The summed E-state index contributed by atoms with van der Waals surface area (Å²) in [7, 11) is 0. The van der Waals surface area contributed by atoms with Crippen molar-refractivity contribution >= 4 is 17.9 Å². The van der Waals surface area contributed by atoms with Crippen molar-refractivity contribution in [2.75, 3.05) is 6.54 Å². The van der Waals surface area contributed by atoms with Gasteiger partial charge in [0.25, 0.3) is 0 Å². The topological polar surface area (TPSA) is 115 Å². The number of nitrogens with zero attached hydrogens (tertiary/aromatic N) is 1. The van der Waals surface area contributed by atoms with Crippen molar-refractivity contribution in [3.63, 3.8) is 0 Å². The number of aliphatic carboxylic acids is 3. The van der Waals surface area contributed by atoms with Crippen molar-refractivity contribution in [3.05, 3.63) is 12.2 Å². The van der Waals surface area contributed by atoms with E-state index in [1.54, 1.807) is 26.8 Å². The summed E-state index contributed by atoms with van der Waals surface area (Å²) in [6.45, 7) is 7.09. The normalized spacial score (nSPS) is 17.0. The van der Waals surface area contributed by atoms with Gasteiger partial charge >= 0.3 is 11.9 Å². The smallest absolute Gasteiger partial charge is 0.362 e. The lowest BCUT2D eigenvalue weighted by molar-refractivity contribution is -0.969. The van der Waals surface area contributed by atoms with Crippen molar-refractivity contribution in [2.24, 2.45) is 0 Å². The number of carboxylic acids is 3. The molecule has 7 nitrogen and oxygen atoms in total. The molecule has 0 radical (unpaired) electrons. The zero-order chi connectivity index (χ0) is 21.7. The van der Waals surface area contributed by atoms with Gasteiger partial charge in [-0.15, -0.1) is 0 Å². The largest absolute Gasteiger partial charge is 0.544 e. The highest BCUT2D eigenvalue weighted by molar-refractivity contribution is 5.77. The molecular formula is C21H37NO6. The molecule has 0 fully saturated rings. The van der Waals surface area contributed by atoms with Crippen LogP contribution in [0.1, 0.15) is 79.1 Å². The van der Waals surface area contributed by atoms with Crippen molar-refractivity contribution in [2.45, 2.75) is 97.2 Å². The quantitative estimate of drug-likeness (QED) is 0.234. The molecule has 0 aliphatic rings. The molecule has 0 bridgehead atoms. The first kappa shape index (κ1) is 26.1. The molecule has 0 spiro atoms. The van der Waals surface area contributed by atoms with Crippen LogP contribution in [0.4, 0.5) is 0 Å². The van der Waals surface area contributed by atoms with Gasteiger partial charge in [-0.2, -0.15) is 0 Å². The maximum atomic E-state index is 12.0. The van der Waals surface area contributed by atoms with E-state index in [2.05, 4.69) is 6.92 Å². The average Bonchev–Trinajstić information content (AvgIpc) is 2.61. The Kier molecular flexibility index (Phi) is 12.4. The highest BCUT2D eigenvalue weighted by atomic mass is 16.4. The second-order valence-corrected chi connectivity index (χ2v) is 7.27. The minimum absolute atomic E-state index is 0.0376. The molecule has 0 heterocycles. The van der Waals surface area contributed by atoms with E-state index < -0.39 is 40.5 Å². The summed E-state index contributed by atoms with van der Waals surface area (Å²) in [6.07, 6.45) is 9.19. The Balaban J connectivity index is 6.10. The van der Waals surface area contributed by atoms with E-state index in [0.29, 0.717) is 0 Å². The van der Waals surface area contributed by atoms with Gasteiger partial charge in [0.2, 0.25) is 0 Å². The number of carbonyl (C=O) groups excluding carboxylic acids is 1. The van der Waals surface area contributed by atoms with Gasteiger partial charge in [-0.3, -0.25) is 4.48 Å². The molecule has 0 aromatic rings. The average molecular weight is 400 g/mol. The van der Waals surface area contributed by atoms with E-state index in [9.17, 15) is 29.7 Å². The first-order valence-corrected chi connectivity index (χ1v) is 10.4. The van der Waals surface area contributed by atoms with Crippen LogP contribution in [-0.4, -0.2) is 57.3 Å². The minimum atomic E-state index is -1.40. The van der Waals surface area contributed by atoms with E-state index in [4.69, 9.17) is 0 Å². The number of allylic oxidation sites excluding steroid dienone is 1. The van der Waals surface area contributed by atoms with E-state index in [-0.39, 0.29) is 25.8 Å². The van der Waals surface area contributed by atoms with Gasteiger partial charge in [0.1, 0.15) is 6.04 Å². The fourth-order valence-electron chi connectivity index (χ4n) is 4.24. The minimum Gasteiger partial charge on any atom is -0.544 e. The van der Waals surface area contributed by atoms with Crippen molar-refractivity contribution in [3.8, 4) is 0 Å². The number of quaternary nitrogens is 1. The maximum absolute atomic E-state index is 12.0. The lowest BCUT2D eigenvalue weighted by Gasteiger charge is -2.51. The van der Waals surface area contributed by atoms with Crippen molar-refractivity contribution < 1.29 is 34.2 Å². The van der Waals surface area contributed by atoms with Gasteiger partial charge in [0.15, 0.2) is 12.1 Å². The molecular weight excluding hydrogens is 362 g/mol. The molecule has 0 aromatic heterocycles. The Morgan fingerprint density at radius 3 is 1.68 bits per heavy atom. The zero-order valence-corrected chi connectivity index (χ0v) is 17.7. The third kappa shape index (κ3) is 6.62. The third-order valence-electron chi connectivity index (χ3n) is 5.56. The van der Waals surface area contributed by atoms with E-state index in [1.807, 2.05) is 6.08 Å². The predicted octanol–water partition coefficient (Wildman–Crippen LogP) is 2.58.